The quantitative estimate of drug-likeness (QED) is 0.263. The van der Waals surface area contributed by atoms with E-state index in [1.165, 1.54) is 0 Å². The molecule has 0 aliphatic carbocycles. The number of carboxylic acids is 2. The Morgan fingerprint density at radius 1 is 1.10 bits per heavy atom. The lowest BCUT2D eigenvalue weighted by Crippen LogP contribution is -2.53. The van der Waals surface area contributed by atoms with Gasteiger partial charge in [0.15, 0.2) is 0 Å². The zero-order valence-electron chi connectivity index (χ0n) is 10.5. The second kappa shape index (κ2) is 9.15. The van der Waals surface area contributed by atoms with Crippen molar-refractivity contribution in [2.75, 3.05) is 12.3 Å². The van der Waals surface area contributed by atoms with Gasteiger partial charge in [-0.15, -0.1) is 0 Å². The van der Waals surface area contributed by atoms with Gasteiger partial charge in [-0.1, -0.05) is 0 Å². The van der Waals surface area contributed by atoms with E-state index < -0.39 is 35.8 Å². The lowest BCUT2D eigenvalue weighted by Gasteiger charge is -2.20. The molecular formula is C10H17N3O6S. The molecule has 0 fully saturated rings. The lowest BCUT2D eigenvalue weighted by molar-refractivity contribution is -0.142. The standard InChI is InChI=1S/C10H17N3O6S/c11-3-7(14)12-5(1-2-8(15)16)9(17)13-6(4-20)10(18)19/h5-6,20H,1-4,11H2,(H,12,14)(H,13,17)(H,15,16)(H,18,19)/t5-,6-/m0/s1. The molecule has 9 nitrogen and oxygen atoms in total. The number of carbonyl (C=O) groups excluding carboxylic acids is 2. The van der Waals surface area contributed by atoms with Crippen LogP contribution >= 0.6 is 12.6 Å². The SMILES string of the molecule is NCC(=O)N[C@@H](CCC(=O)O)C(=O)N[C@@H](CS)C(=O)O. The Morgan fingerprint density at radius 3 is 2.10 bits per heavy atom. The highest BCUT2D eigenvalue weighted by Crippen LogP contribution is 2.00. The van der Waals surface area contributed by atoms with Crippen LogP contribution in [-0.2, 0) is 19.2 Å². The van der Waals surface area contributed by atoms with Crippen LogP contribution in [0, 0.1) is 0 Å². The molecule has 2 atom stereocenters. The maximum atomic E-state index is 11.8. The zero-order chi connectivity index (χ0) is 15.7. The summed E-state index contributed by atoms with van der Waals surface area (Å²) in [6, 6.07) is -2.39. The number of hydrogen-bond acceptors (Lipinski definition) is 6. The van der Waals surface area contributed by atoms with E-state index in [2.05, 4.69) is 23.3 Å². The third kappa shape index (κ3) is 6.95. The summed E-state index contributed by atoms with van der Waals surface area (Å²) in [5, 5.41) is 21.8. The molecule has 20 heavy (non-hydrogen) atoms. The van der Waals surface area contributed by atoms with E-state index in [0.29, 0.717) is 0 Å². The van der Waals surface area contributed by atoms with E-state index in [1.807, 2.05) is 0 Å². The maximum absolute atomic E-state index is 11.8. The van der Waals surface area contributed by atoms with Crippen LogP contribution in [0.5, 0.6) is 0 Å². The van der Waals surface area contributed by atoms with Crippen molar-refractivity contribution < 1.29 is 29.4 Å². The minimum atomic E-state index is -1.28. The fraction of sp³-hybridized carbons (Fsp3) is 0.600. The molecule has 0 aromatic heterocycles. The largest absolute Gasteiger partial charge is 0.481 e. The van der Waals surface area contributed by atoms with Crippen molar-refractivity contribution in [3.63, 3.8) is 0 Å². The zero-order valence-corrected chi connectivity index (χ0v) is 11.4. The van der Waals surface area contributed by atoms with E-state index in [-0.39, 0.29) is 25.1 Å². The first kappa shape index (κ1) is 18.2. The molecule has 0 aliphatic heterocycles. The number of carbonyl (C=O) groups is 4. The Balaban J connectivity index is 4.72. The molecule has 0 saturated heterocycles. The summed E-state index contributed by atoms with van der Waals surface area (Å²) in [6.07, 6.45) is -0.534. The molecule has 2 amide bonds. The van der Waals surface area contributed by atoms with Crippen LogP contribution < -0.4 is 16.4 Å². The third-order valence-corrected chi connectivity index (χ3v) is 2.65. The normalized spacial score (nSPS) is 13.1. The van der Waals surface area contributed by atoms with E-state index in [9.17, 15) is 19.2 Å². The number of nitrogens with two attached hydrogens (primary N) is 1. The molecule has 0 aromatic rings. The van der Waals surface area contributed by atoms with E-state index in [4.69, 9.17) is 15.9 Å². The molecule has 0 heterocycles. The van der Waals surface area contributed by atoms with Gasteiger partial charge in [-0.05, 0) is 6.42 Å². The smallest absolute Gasteiger partial charge is 0.327 e. The summed E-state index contributed by atoms with van der Waals surface area (Å²) in [5.74, 6) is -4.01. The molecule has 0 spiro atoms. The Bertz CT molecular complexity index is 389. The molecule has 0 aromatic carbocycles. The molecule has 0 bridgehead atoms. The highest BCUT2D eigenvalue weighted by Gasteiger charge is 2.25. The van der Waals surface area contributed by atoms with E-state index in [0.717, 1.165) is 0 Å². The highest BCUT2D eigenvalue weighted by molar-refractivity contribution is 7.80. The number of rotatable bonds is 9. The van der Waals surface area contributed by atoms with Gasteiger partial charge in [0.05, 0.1) is 6.54 Å². The summed E-state index contributed by atoms with van der Waals surface area (Å²) in [4.78, 5) is 44.3. The average molecular weight is 307 g/mol. The number of hydrogen-bond donors (Lipinski definition) is 6. The monoisotopic (exact) mass is 307 g/mol. The summed E-state index contributed by atoms with van der Waals surface area (Å²) >= 11 is 3.77. The Labute approximate surface area is 120 Å². The van der Waals surface area contributed by atoms with Gasteiger partial charge in [0.25, 0.3) is 0 Å². The maximum Gasteiger partial charge on any atom is 0.327 e. The first-order chi connectivity index (χ1) is 9.31. The second-order valence-electron chi connectivity index (χ2n) is 3.84. The molecule has 0 aliphatic rings. The highest BCUT2D eigenvalue weighted by atomic mass is 32.1. The van der Waals surface area contributed by atoms with Crippen LogP contribution in [0.1, 0.15) is 12.8 Å². The van der Waals surface area contributed by atoms with Crippen molar-refractivity contribution in [1.29, 1.82) is 0 Å². The lowest BCUT2D eigenvalue weighted by atomic mass is 10.1. The van der Waals surface area contributed by atoms with E-state index in [1.54, 1.807) is 0 Å². The molecule has 0 saturated carbocycles. The average Bonchev–Trinajstić information content (AvgIpc) is 2.39. The van der Waals surface area contributed by atoms with Crippen LogP contribution in [0.25, 0.3) is 0 Å². The van der Waals surface area contributed by atoms with Gasteiger partial charge < -0.3 is 26.6 Å². The second-order valence-corrected chi connectivity index (χ2v) is 4.20. The molecule has 10 heteroatoms. The topological polar surface area (TPSA) is 159 Å². The first-order valence-electron chi connectivity index (χ1n) is 5.67. The molecule has 0 rings (SSSR count). The van der Waals surface area contributed by atoms with Crippen LogP contribution in [0.15, 0.2) is 0 Å². The van der Waals surface area contributed by atoms with Crippen LogP contribution in [0.3, 0.4) is 0 Å². The minimum Gasteiger partial charge on any atom is -0.481 e. The molecule has 114 valence electrons. The van der Waals surface area contributed by atoms with E-state index >= 15 is 0 Å². The molecule has 6 N–H and O–H groups in total. The van der Waals surface area contributed by atoms with Crippen molar-refractivity contribution in [3.8, 4) is 0 Å². The van der Waals surface area contributed by atoms with Crippen molar-refractivity contribution in [2.24, 2.45) is 5.73 Å². The van der Waals surface area contributed by atoms with Crippen molar-refractivity contribution in [3.05, 3.63) is 0 Å². The predicted molar refractivity (Wildman–Crippen MR) is 71.3 cm³/mol. The number of aliphatic carboxylic acids is 2. The first-order valence-corrected chi connectivity index (χ1v) is 6.30. The van der Waals surface area contributed by atoms with Gasteiger partial charge in [-0.3, -0.25) is 14.4 Å². The van der Waals surface area contributed by atoms with Crippen molar-refractivity contribution in [2.45, 2.75) is 24.9 Å². The van der Waals surface area contributed by atoms with Crippen LogP contribution in [-0.4, -0.2) is 58.3 Å². The third-order valence-electron chi connectivity index (χ3n) is 2.28. The molecule has 0 radical (unpaired) electrons. The Morgan fingerprint density at radius 2 is 1.70 bits per heavy atom. The summed E-state index contributed by atoms with van der Waals surface area (Å²) in [7, 11) is 0. The van der Waals surface area contributed by atoms with Gasteiger partial charge in [-0.25, -0.2) is 4.79 Å². The van der Waals surface area contributed by atoms with Crippen molar-refractivity contribution >= 4 is 36.4 Å². The molecular weight excluding hydrogens is 290 g/mol. The minimum absolute atomic E-state index is 0.141. The number of carboxylic acid groups (broad SMARTS) is 2. The number of amides is 2. The van der Waals surface area contributed by atoms with Gasteiger partial charge in [-0.2, -0.15) is 12.6 Å². The van der Waals surface area contributed by atoms with Gasteiger partial charge in [0, 0.05) is 12.2 Å². The fourth-order valence-corrected chi connectivity index (χ4v) is 1.50. The van der Waals surface area contributed by atoms with Gasteiger partial charge >= 0.3 is 11.9 Å². The number of nitrogens with one attached hydrogen (secondary N) is 2. The van der Waals surface area contributed by atoms with Gasteiger partial charge in [0.2, 0.25) is 11.8 Å². The Hall–Kier alpha value is -1.81. The van der Waals surface area contributed by atoms with Crippen LogP contribution in [0.2, 0.25) is 0 Å². The molecule has 0 unspecified atom stereocenters. The van der Waals surface area contributed by atoms with Crippen molar-refractivity contribution in [1.82, 2.24) is 10.6 Å². The summed E-state index contributed by atoms with van der Waals surface area (Å²) in [6.45, 7) is -0.369. The number of thiol groups is 1. The fourth-order valence-electron chi connectivity index (χ4n) is 1.25. The summed E-state index contributed by atoms with van der Waals surface area (Å²) in [5.41, 5.74) is 5.09. The van der Waals surface area contributed by atoms with Gasteiger partial charge in [0.1, 0.15) is 12.1 Å². The Kier molecular flexibility index (Phi) is 8.32. The predicted octanol–water partition coefficient (Wildman–Crippen LogP) is -2.21. The van der Waals surface area contributed by atoms with Crippen LogP contribution in [0.4, 0.5) is 0 Å². The summed E-state index contributed by atoms with van der Waals surface area (Å²) < 4.78 is 0.